The maximum absolute atomic E-state index is 12.3. The van der Waals surface area contributed by atoms with E-state index in [4.69, 9.17) is 5.11 Å². The molecule has 0 radical (unpaired) electrons. The van der Waals surface area contributed by atoms with Crippen LogP contribution in [0.4, 0.5) is 8.78 Å². The van der Waals surface area contributed by atoms with E-state index >= 15 is 0 Å². The summed E-state index contributed by atoms with van der Waals surface area (Å²) in [5.74, 6) is -3.60. The van der Waals surface area contributed by atoms with Gasteiger partial charge in [-0.2, -0.15) is 0 Å². The van der Waals surface area contributed by atoms with Gasteiger partial charge in [-0.3, -0.25) is 4.79 Å². The maximum Gasteiger partial charge on any atom is 0.320 e. The van der Waals surface area contributed by atoms with Gasteiger partial charge < -0.3 is 10.4 Å². The lowest BCUT2D eigenvalue weighted by atomic mass is 9.88. The second-order valence-corrected chi connectivity index (χ2v) is 3.19. The normalized spacial score (nSPS) is 24.6. The monoisotopic (exact) mass is 179 g/mol. The van der Waals surface area contributed by atoms with Gasteiger partial charge in [0.25, 0.3) is 5.92 Å². The van der Waals surface area contributed by atoms with E-state index in [1.807, 2.05) is 0 Å². The van der Waals surface area contributed by atoms with Crippen molar-refractivity contribution in [2.24, 2.45) is 0 Å². The third-order valence-corrected chi connectivity index (χ3v) is 1.95. The molecule has 2 N–H and O–H groups in total. The van der Waals surface area contributed by atoms with Crippen molar-refractivity contribution < 1.29 is 18.7 Å². The van der Waals surface area contributed by atoms with Gasteiger partial charge in [-0.05, 0) is 6.92 Å². The number of alkyl halides is 2. The molecule has 1 saturated carbocycles. The van der Waals surface area contributed by atoms with Gasteiger partial charge in [0, 0.05) is 18.9 Å². The summed E-state index contributed by atoms with van der Waals surface area (Å²) in [6, 6.07) is -1.09. The molecule has 0 unspecified atom stereocenters. The van der Waals surface area contributed by atoms with Crippen LogP contribution in [0, 0.1) is 0 Å². The summed E-state index contributed by atoms with van der Waals surface area (Å²) in [6.45, 7) is 1.44. The Morgan fingerprint density at radius 2 is 2.17 bits per heavy atom. The fourth-order valence-corrected chi connectivity index (χ4v) is 1.20. The molecule has 0 aromatic rings. The van der Waals surface area contributed by atoms with Crippen LogP contribution >= 0.6 is 0 Å². The lowest BCUT2D eigenvalue weighted by Gasteiger charge is -2.36. The highest BCUT2D eigenvalue weighted by Gasteiger charge is 2.45. The number of hydrogen-bond acceptors (Lipinski definition) is 2. The van der Waals surface area contributed by atoms with Gasteiger partial charge in [0.05, 0.1) is 0 Å². The van der Waals surface area contributed by atoms with E-state index in [0.717, 1.165) is 0 Å². The predicted molar refractivity (Wildman–Crippen MR) is 38.2 cm³/mol. The van der Waals surface area contributed by atoms with Crippen LogP contribution in [0.2, 0.25) is 0 Å². The fourth-order valence-electron chi connectivity index (χ4n) is 1.20. The van der Waals surface area contributed by atoms with Crippen LogP contribution in [0.1, 0.15) is 19.8 Å². The molecular formula is C7H11F2NO2. The second kappa shape index (κ2) is 2.97. The van der Waals surface area contributed by atoms with Gasteiger partial charge >= 0.3 is 5.97 Å². The molecule has 1 atom stereocenters. The van der Waals surface area contributed by atoms with Crippen molar-refractivity contribution in [2.75, 3.05) is 0 Å². The quantitative estimate of drug-likeness (QED) is 0.675. The Morgan fingerprint density at radius 3 is 2.50 bits per heavy atom. The van der Waals surface area contributed by atoms with Crippen molar-refractivity contribution in [3.63, 3.8) is 0 Å². The molecule has 3 nitrogen and oxygen atoms in total. The third kappa shape index (κ3) is 2.14. The molecule has 0 aromatic carbocycles. The Hall–Kier alpha value is -0.710. The zero-order valence-electron chi connectivity index (χ0n) is 6.68. The average molecular weight is 179 g/mol. The minimum absolute atomic E-state index is 0.245. The van der Waals surface area contributed by atoms with Gasteiger partial charge in [-0.15, -0.1) is 0 Å². The molecule has 0 bridgehead atoms. The number of rotatable bonds is 3. The van der Waals surface area contributed by atoms with E-state index in [1.165, 1.54) is 6.92 Å². The summed E-state index contributed by atoms with van der Waals surface area (Å²) in [5.41, 5.74) is 0. The zero-order valence-corrected chi connectivity index (χ0v) is 6.68. The lowest BCUT2D eigenvalue weighted by Crippen LogP contribution is -2.53. The minimum Gasteiger partial charge on any atom is -0.480 e. The lowest BCUT2D eigenvalue weighted by molar-refractivity contribution is -0.141. The van der Waals surface area contributed by atoms with Crippen molar-refractivity contribution >= 4 is 5.97 Å². The Kier molecular flexibility index (Phi) is 2.32. The van der Waals surface area contributed by atoms with Crippen LogP contribution in [0.25, 0.3) is 0 Å². The highest BCUT2D eigenvalue weighted by Crippen LogP contribution is 2.37. The number of hydrogen-bond donors (Lipinski definition) is 2. The van der Waals surface area contributed by atoms with Crippen molar-refractivity contribution in [2.45, 2.75) is 37.8 Å². The smallest absolute Gasteiger partial charge is 0.320 e. The number of nitrogens with one attached hydrogen (secondary N) is 1. The molecule has 1 aliphatic rings. The number of aliphatic carboxylic acids is 1. The minimum atomic E-state index is -2.59. The summed E-state index contributed by atoms with van der Waals surface area (Å²) in [4.78, 5) is 10.3. The highest BCUT2D eigenvalue weighted by atomic mass is 19.3. The molecule has 1 aliphatic carbocycles. The molecule has 0 spiro atoms. The number of halogens is 2. The largest absolute Gasteiger partial charge is 0.480 e. The summed E-state index contributed by atoms with van der Waals surface area (Å²) in [7, 11) is 0. The van der Waals surface area contributed by atoms with Crippen LogP contribution in [-0.2, 0) is 4.79 Å². The van der Waals surface area contributed by atoms with Crippen LogP contribution in [0.3, 0.4) is 0 Å². The van der Waals surface area contributed by atoms with E-state index in [9.17, 15) is 13.6 Å². The molecule has 0 amide bonds. The Labute approximate surface area is 68.8 Å². The molecule has 1 rings (SSSR count). The van der Waals surface area contributed by atoms with E-state index in [0.29, 0.717) is 0 Å². The Morgan fingerprint density at radius 1 is 1.67 bits per heavy atom. The SMILES string of the molecule is C[C@H](NC1CC(F)(F)C1)C(=O)O. The van der Waals surface area contributed by atoms with Gasteiger partial charge in [0.1, 0.15) is 6.04 Å². The number of carboxylic acids is 1. The molecule has 5 heteroatoms. The van der Waals surface area contributed by atoms with Crippen LogP contribution in [0.15, 0.2) is 0 Å². The van der Waals surface area contributed by atoms with Crippen molar-refractivity contribution in [3.8, 4) is 0 Å². The summed E-state index contributed by atoms with van der Waals surface area (Å²) in [6.07, 6.45) is -0.491. The van der Waals surface area contributed by atoms with E-state index < -0.39 is 17.9 Å². The molecule has 0 aliphatic heterocycles. The third-order valence-electron chi connectivity index (χ3n) is 1.95. The topological polar surface area (TPSA) is 49.3 Å². The number of carboxylic acid groups (broad SMARTS) is 1. The van der Waals surface area contributed by atoms with Crippen LogP contribution in [-0.4, -0.2) is 29.1 Å². The number of carbonyl (C=O) groups is 1. The molecule has 0 saturated heterocycles. The standard InChI is InChI=1S/C7H11F2NO2/c1-4(6(11)12)10-5-2-7(8,9)3-5/h4-5,10H,2-3H2,1H3,(H,11,12)/t4-/m0/s1. The zero-order chi connectivity index (χ0) is 9.35. The summed E-state index contributed by atoms with van der Waals surface area (Å²) in [5, 5.41) is 11.0. The van der Waals surface area contributed by atoms with E-state index in [2.05, 4.69) is 5.32 Å². The van der Waals surface area contributed by atoms with Crippen molar-refractivity contribution in [1.29, 1.82) is 0 Å². The first-order valence-electron chi connectivity index (χ1n) is 3.77. The van der Waals surface area contributed by atoms with Crippen molar-refractivity contribution in [3.05, 3.63) is 0 Å². The first kappa shape index (κ1) is 9.38. The van der Waals surface area contributed by atoms with Gasteiger partial charge in [-0.25, -0.2) is 8.78 Å². The van der Waals surface area contributed by atoms with E-state index in [1.54, 1.807) is 0 Å². The van der Waals surface area contributed by atoms with E-state index in [-0.39, 0.29) is 18.9 Å². The second-order valence-electron chi connectivity index (χ2n) is 3.19. The molecular weight excluding hydrogens is 168 g/mol. The molecule has 1 fully saturated rings. The van der Waals surface area contributed by atoms with Gasteiger partial charge in [0.2, 0.25) is 0 Å². The first-order chi connectivity index (χ1) is 5.41. The first-order valence-corrected chi connectivity index (χ1v) is 3.77. The Bertz CT molecular complexity index is 188. The average Bonchev–Trinajstić information content (AvgIpc) is 1.83. The van der Waals surface area contributed by atoms with Crippen LogP contribution in [0.5, 0.6) is 0 Å². The molecule has 0 heterocycles. The summed E-state index contributed by atoms with van der Waals surface area (Å²) < 4.78 is 24.5. The molecule has 12 heavy (non-hydrogen) atoms. The highest BCUT2D eigenvalue weighted by molar-refractivity contribution is 5.72. The fraction of sp³-hybridized carbons (Fsp3) is 0.857. The Balaban J connectivity index is 2.23. The summed E-state index contributed by atoms with van der Waals surface area (Å²) >= 11 is 0. The maximum atomic E-state index is 12.3. The molecule has 70 valence electrons. The molecule has 0 aromatic heterocycles. The van der Waals surface area contributed by atoms with Crippen LogP contribution < -0.4 is 5.32 Å². The predicted octanol–water partition coefficient (Wildman–Crippen LogP) is 0.847. The van der Waals surface area contributed by atoms with Crippen molar-refractivity contribution in [1.82, 2.24) is 5.32 Å². The van der Waals surface area contributed by atoms with Gasteiger partial charge in [0.15, 0.2) is 0 Å². The van der Waals surface area contributed by atoms with Gasteiger partial charge in [-0.1, -0.05) is 0 Å².